The van der Waals surface area contributed by atoms with Crippen molar-refractivity contribution in [3.05, 3.63) is 69.6 Å². The Balaban J connectivity index is 0.880. The fourth-order valence-corrected chi connectivity index (χ4v) is 11.0. The van der Waals surface area contributed by atoms with Gasteiger partial charge in [-0.15, -0.1) is 0 Å². The van der Waals surface area contributed by atoms with Gasteiger partial charge in [0, 0.05) is 71.2 Å². The minimum atomic E-state index is -0.487. The molecule has 4 unspecified atom stereocenters. The highest BCUT2D eigenvalue weighted by Crippen LogP contribution is 2.90. The predicted octanol–water partition coefficient (Wildman–Crippen LogP) is 2.80. The van der Waals surface area contributed by atoms with E-state index in [0.717, 1.165) is 40.1 Å². The first-order valence-electron chi connectivity index (χ1n) is 14.3. The molecule has 8 nitrogen and oxygen atoms in total. The van der Waals surface area contributed by atoms with Crippen molar-refractivity contribution in [1.82, 2.24) is 19.8 Å². The number of amides is 2. The topological polar surface area (TPSA) is 106 Å². The van der Waals surface area contributed by atoms with Crippen LogP contribution >= 0.6 is 0 Å². The fourth-order valence-electron chi connectivity index (χ4n) is 11.0. The van der Waals surface area contributed by atoms with Crippen molar-refractivity contribution in [3.63, 3.8) is 0 Å². The maximum atomic E-state index is 14.1. The Bertz CT molecular complexity index is 1790. The van der Waals surface area contributed by atoms with Gasteiger partial charge in [-0.2, -0.15) is 0 Å². The fraction of sp³-hybridized carbons (Fsp3) is 0.484. The van der Waals surface area contributed by atoms with Crippen LogP contribution < -0.4 is 0 Å². The van der Waals surface area contributed by atoms with Gasteiger partial charge in [0.1, 0.15) is 0 Å². The van der Waals surface area contributed by atoms with Gasteiger partial charge in [-0.1, -0.05) is 0 Å². The number of ketones is 2. The summed E-state index contributed by atoms with van der Waals surface area (Å²) in [5.74, 6) is 1.41. The van der Waals surface area contributed by atoms with Crippen LogP contribution in [0.4, 0.5) is 0 Å². The number of aromatic amines is 2. The van der Waals surface area contributed by atoms with Crippen LogP contribution in [0.1, 0.15) is 68.9 Å². The highest BCUT2D eigenvalue weighted by Gasteiger charge is 2.95. The molecular weight excluding hydrogens is 492 g/mol. The van der Waals surface area contributed by atoms with E-state index in [0.29, 0.717) is 54.9 Å². The van der Waals surface area contributed by atoms with Crippen LogP contribution in [0.3, 0.4) is 0 Å². The van der Waals surface area contributed by atoms with Crippen LogP contribution in [0.15, 0.2) is 35.9 Å². The van der Waals surface area contributed by atoms with Gasteiger partial charge in [0.05, 0.1) is 22.2 Å². The molecule has 4 bridgehead atoms. The number of hydrogen-bond acceptors (Lipinski definition) is 4. The van der Waals surface area contributed by atoms with Crippen LogP contribution in [0, 0.1) is 42.4 Å². The van der Waals surface area contributed by atoms with Crippen molar-refractivity contribution in [3.8, 4) is 0 Å². The lowest BCUT2D eigenvalue weighted by molar-refractivity contribution is -0.219. The molecule has 9 fully saturated rings. The molecule has 2 amide bonds. The number of rotatable bonds is 2. The molecule has 2 N–H and O–H groups in total. The number of aryl methyl sites for hydroxylation is 2. The van der Waals surface area contributed by atoms with Crippen LogP contribution in [-0.2, 0) is 20.4 Å². The van der Waals surface area contributed by atoms with Gasteiger partial charge in [-0.3, -0.25) is 19.2 Å². The lowest BCUT2D eigenvalue weighted by atomic mass is 9.34. The highest BCUT2D eigenvalue weighted by atomic mass is 16.2. The molecule has 6 saturated carbocycles. The average Bonchev–Trinajstić information content (AvgIpc) is 3.69. The summed E-state index contributed by atoms with van der Waals surface area (Å²) >= 11 is 0. The molecule has 2 aromatic heterocycles. The number of hydrogen-bond donors (Lipinski definition) is 2. The van der Waals surface area contributed by atoms with Crippen molar-refractivity contribution in [2.75, 3.05) is 6.54 Å². The van der Waals surface area contributed by atoms with E-state index in [1.807, 2.05) is 36.0 Å². The van der Waals surface area contributed by atoms with Gasteiger partial charge in [0.15, 0.2) is 0 Å². The first kappa shape index (κ1) is 20.3. The third-order valence-corrected chi connectivity index (χ3v) is 12.6. The Kier molecular flexibility index (Phi) is 2.72. The van der Waals surface area contributed by atoms with Crippen LogP contribution in [0.2, 0.25) is 0 Å². The Labute approximate surface area is 223 Å². The van der Waals surface area contributed by atoms with Crippen molar-refractivity contribution in [1.29, 1.82) is 0 Å². The molecule has 4 atom stereocenters. The lowest BCUT2D eigenvalue weighted by Crippen LogP contribution is -2.72. The van der Waals surface area contributed by atoms with Crippen LogP contribution in [0.5, 0.6) is 0 Å². The van der Waals surface area contributed by atoms with Crippen molar-refractivity contribution >= 4 is 23.4 Å². The number of H-pyrrole nitrogens is 2. The molecule has 13 rings (SSSR count). The molecule has 2 spiro atoms. The molecule has 39 heavy (non-hydrogen) atoms. The van der Waals surface area contributed by atoms with E-state index in [4.69, 9.17) is 0 Å². The summed E-state index contributed by atoms with van der Waals surface area (Å²) in [6, 6.07) is 0.222. The van der Waals surface area contributed by atoms with Gasteiger partial charge in [0.25, 0.3) is 0 Å². The number of likely N-dealkylation sites (tertiary alicyclic amines) is 1. The monoisotopic (exact) mass is 518 g/mol. The molecule has 8 heteroatoms. The number of nitrogens with zero attached hydrogens (tertiary/aromatic N) is 2. The summed E-state index contributed by atoms with van der Waals surface area (Å²) in [4.78, 5) is 64.2. The van der Waals surface area contributed by atoms with E-state index < -0.39 is 10.8 Å². The van der Waals surface area contributed by atoms with Crippen molar-refractivity contribution < 1.29 is 19.2 Å². The van der Waals surface area contributed by atoms with E-state index in [9.17, 15) is 19.2 Å². The molecule has 194 valence electrons. The van der Waals surface area contributed by atoms with Gasteiger partial charge < -0.3 is 19.8 Å². The zero-order valence-corrected chi connectivity index (χ0v) is 21.7. The molecular formula is C31H26N4O4. The summed E-state index contributed by atoms with van der Waals surface area (Å²) in [5.41, 5.74) is 6.31. The molecule has 8 aliphatic carbocycles. The number of aromatic nitrogens is 2. The van der Waals surface area contributed by atoms with E-state index in [-0.39, 0.29) is 40.3 Å². The largest absolute Gasteiger partial charge is 0.358 e. The molecule has 5 heterocycles. The Morgan fingerprint density at radius 2 is 1.44 bits per heavy atom. The Hall–Kier alpha value is -3.68. The minimum absolute atomic E-state index is 0.0367. The average molecular weight is 519 g/mol. The number of piperidine rings is 2. The molecule has 0 radical (unpaired) electrons. The van der Waals surface area contributed by atoms with Gasteiger partial charge >= 0.3 is 0 Å². The molecule has 3 saturated heterocycles. The second-order valence-corrected chi connectivity index (χ2v) is 14.2. The first-order chi connectivity index (χ1) is 18.7. The first-order valence-corrected chi connectivity index (χ1v) is 14.3. The summed E-state index contributed by atoms with van der Waals surface area (Å²) in [6.45, 7) is 4.75. The SMILES string of the molecule is Cc1c[nH]c2c1C13CC1CN(C(=O)C14CC(C(=O)N5C6=CC(=O)c7[nH]cc(C)c7C67C6C5C67)(C1)C4)C3=CC2=O. The van der Waals surface area contributed by atoms with Crippen molar-refractivity contribution in [2.45, 2.75) is 56.4 Å². The van der Waals surface area contributed by atoms with Crippen molar-refractivity contribution in [2.24, 2.45) is 28.6 Å². The zero-order valence-electron chi connectivity index (χ0n) is 21.7. The Morgan fingerprint density at radius 3 is 2.13 bits per heavy atom. The predicted molar refractivity (Wildman–Crippen MR) is 135 cm³/mol. The van der Waals surface area contributed by atoms with E-state index in [1.54, 1.807) is 12.2 Å². The summed E-state index contributed by atoms with van der Waals surface area (Å²) in [7, 11) is 0. The number of allylic oxidation sites excluding steroid dienone is 4. The summed E-state index contributed by atoms with van der Waals surface area (Å²) < 4.78 is 0. The summed E-state index contributed by atoms with van der Waals surface area (Å²) in [5, 5.41) is 0. The lowest BCUT2D eigenvalue weighted by Gasteiger charge is -2.69. The second kappa shape index (κ2) is 5.23. The second-order valence-electron chi connectivity index (χ2n) is 14.2. The van der Waals surface area contributed by atoms with Crippen LogP contribution in [-0.4, -0.2) is 55.7 Å². The molecule has 2 aromatic rings. The van der Waals surface area contributed by atoms with Gasteiger partial charge in [-0.05, 0) is 67.7 Å². The number of fused-ring (bicyclic) bond motifs is 2. The molecule has 0 aromatic carbocycles. The van der Waals surface area contributed by atoms with Gasteiger partial charge in [-0.25, -0.2) is 0 Å². The smallest absolute Gasteiger partial charge is 0.233 e. The standard InChI is InChI=1S/C31H26N4O4/c1-12-6-32-23-15(36)3-17-30(19(12)23)5-14(30)8-34(17)26(38)28-9-29(10-28,11-28)27(39)35-18-4-16(37)24-20(13(2)7-33-24)31(18)21-22(31)25(21)35/h3-4,6-7,14,21-22,25,32-33H,5,8-11H2,1-2H3. The summed E-state index contributed by atoms with van der Waals surface area (Å²) in [6.07, 6.45) is 9.98. The Morgan fingerprint density at radius 1 is 0.846 bits per heavy atom. The third-order valence-electron chi connectivity index (χ3n) is 12.6. The molecule has 3 aliphatic heterocycles. The highest BCUT2D eigenvalue weighted by molar-refractivity contribution is 6.11. The maximum absolute atomic E-state index is 14.1. The van der Waals surface area contributed by atoms with E-state index in [2.05, 4.69) is 9.97 Å². The quantitative estimate of drug-likeness (QED) is 0.638. The number of carbonyl (C=O) groups is 4. The normalized spacial score (nSPS) is 45.1. The minimum Gasteiger partial charge on any atom is -0.358 e. The molecule has 11 aliphatic rings. The number of carbonyl (C=O) groups excluding carboxylic acids is 4. The van der Waals surface area contributed by atoms with Crippen LogP contribution in [0.25, 0.3) is 0 Å². The maximum Gasteiger partial charge on any atom is 0.233 e. The van der Waals surface area contributed by atoms with Gasteiger partial charge in [0.2, 0.25) is 23.4 Å². The van der Waals surface area contributed by atoms with E-state index in [1.165, 1.54) is 0 Å². The number of nitrogens with one attached hydrogen (secondary N) is 2. The third kappa shape index (κ3) is 1.70. The van der Waals surface area contributed by atoms with E-state index >= 15 is 0 Å². The zero-order chi connectivity index (χ0) is 26.2.